The van der Waals surface area contributed by atoms with Gasteiger partial charge in [0.25, 0.3) is 0 Å². The molecule has 174 valence electrons. The highest BCUT2D eigenvalue weighted by molar-refractivity contribution is 7.91. The van der Waals surface area contributed by atoms with Crippen LogP contribution in [-0.2, 0) is 21.0 Å². The molecule has 0 amide bonds. The van der Waals surface area contributed by atoms with E-state index in [4.69, 9.17) is 4.74 Å². The Morgan fingerprint density at radius 2 is 2.00 bits per heavy atom. The lowest BCUT2D eigenvalue weighted by Crippen LogP contribution is -2.28. The van der Waals surface area contributed by atoms with Gasteiger partial charge in [-0.2, -0.15) is 18.2 Å². The summed E-state index contributed by atoms with van der Waals surface area (Å²) in [5.74, 6) is -0.0790. The summed E-state index contributed by atoms with van der Waals surface area (Å²) in [7, 11) is -3.53. The summed E-state index contributed by atoms with van der Waals surface area (Å²) in [4.78, 5) is 10.6. The van der Waals surface area contributed by atoms with Crippen LogP contribution in [0.2, 0.25) is 0 Å². The van der Waals surface area contributed by atoms with Crippen LogP contribution in [0.25, 0.3) is 0 Å². The van der Waals surface area contributed by atoms with Gasteiger partial charge in [-0.25, -0.2) is 13.4 Å². The van der Waals surface area contributed by atoms with Crippen LogP contribution < -0.4 is 10.2 Å². The number of ether oxygens (including phenoxy) is 1. The van der Waals surface area contributed by atoms with E-state index in [0.29, 0.717) is 37.8 Å². The van der Waals surface area contributed by atoms with E-state index in [1.807, 2.05) is 0 Å². The van der Waals surface area contributed by atoms with E-state index in [2.05, 4.69) is 22.2 Å². The fourth-order valence-electron chi connectivity index (χ4n) is 4.84. The maximum Gasteiger partial charge on any atom is 0.389 e. The van der Waals surface area contributed by atoms with E-state index >= 15 is 0 Å². The van der Waals surface area contributed by atoms with E-state index in [1.165, 1.54) is 12.8 Å². The molecule has 3 heterocycles. The lowest BCUT2D eigenvalue weighted by Gasteiger charge is -2.24. The minimum absolute atomic E-state index is 0.0469. The van der Waals surface area contributed by atoms with Gasteiger partial charge in [0, 0.05) is 32.5 Å². The molecular weight excluding hydrogens is 433 g/mol. The normalized spacial score (nSPS) is 24.5. The summed E-state index contributed by atoms with van der Waals surface area (Å²) in [5.41, 5.74) is 0.346. The van der Waals surface area contributed by atoms with Crippen LogP contribution >= 0.6 is 0 Å². The van der Waals surface area contributed by atoms with Gasteiger partial charge in [-0.15, -0.1) is 0 Å². The second kappa shape index (κ2) is 8.38. The maximum absolute atomic E-state index is 12.8. The second-order valence-corrected chi connectivity index (χ2v) is 11.1. The summed E-state index contributed by atoms with van der Waals surface area (Å²) >= 11 is 0. The molecule has 1 saturated carbocycles. The van der Waals surface area contributed by atoms with Crippen molar-refractivity contribution >= 4 is 21.6 Å². The smallest absolute Gasteiger partial charge is 0.373 e. The molecule has 0 spiro atoms. The van der Waals surface area contributed by atoms with Gasteiger partial charge in [-0.05, 0) is 32.1 Å². The zero-order chi connectivity index (χ0) is 22.3. The number of anilines is 2. The highest BCUT2D eigenvalue weighted by Gasteiger charge is 2.39. The monoisotopic (exact) mass is 462 g/mol. The van der Waals surface area contributed by atoms with E-state index < -0.39 is 28.4 Å². The Labute approximate surface area is 180 Å². The number of hydrogen-bond donors (Lipinski definition) is 1. The molecule has 2 aliphatic heterocycles. The fourth-order valence-corrected chi connectivity index (χ4v) is 6.47. The summed E-state index contributed by atoms with van der Waals surface area (Å²) < 4.78 is 69.5. The molecule has 1 aliphatic carbocycles. The van der Waals surface area contributed by atoms with Gasteiger partial charge >= 0.3 is 6.18 Å². The first-order chi connectivity index (χ1) is 14.5. The van der Waals surface area contributed by atoms with Gasteiger partial charge in [0.2, 0.25) is 5.95 Å². The van der Waals surface area contributed by atoms with Gasteiger partial charge in [-0.3, -0.25) is 0 Å². The minimum Gasteiger partial charge on any atom is -0.373 e. The third-order valence-corrected chi connectivity index (χ3v) is 8.22. The summed E-state index contributed by atoms with van der Waals surface area (Å²) in [6.45, 7) is 3.54. The van der Waals surface area contributed by atoms with Crippen LogP contribution in [0.5, 0.6) is 0 Å². The largest absolute Gasteiger partial charge is 0.389 e. The number of nitrogens with zero attached hydrogens (tertiary/aromatic N) is 3. The Balaban J connectivity index is 1.47. The summed E-state index contributed by atoms with van der Waals surface area (Å²) in [6.07, 6.45) is -0.0455. The van der Waals surface area contributed by atoms with Crippen molar-refractivity contribution in [3.05, 3.63) is 5.69 Å². The molecule has 1 unspecified atom stereocenters. The third kappa shape index (κ3) is 5.24. The van der Waals surface area contributed by atoms with Crippen molar-refractivity contribution < 1.29 is 26.3 Å². The van der Waals surface area contributed by atoms with Gasteiger partial charge < -0.3 is 15.0 Å². The van der Waals surface area contributed by atoms with Gasteiger partial charge in [0.05, 0.1) is 23.7 Å². The van der Waals surface area contributed by atoms with Crippen molar-refractivity contribution in [3.63, 3.8) is 0 Å². The molecule has 3 aliphatic rings. The first-order valence-corrected chi connectivity index (χ1v) is 12.5. The number of nitrogens with one attached hydrogen (secondary N) is 1. The Bertz CT molecular complexity index is 917. The number of fused-ring (bicyclic) bond motifs is 1. The molecule has 31 heavy (non-hydrogen) atoms. The van der Waals surface area contributed by atoms with Gasteiger partial charge in [0.15, 0.2) is 15.7 Å². The molecule has 0 bridgehead atoms. The Hall–Kier alpha value is -1.62. The molecule has 1 aromatic heterocycles. The minimum atomic E-state index is -4.23. The highest BCUT2D eigenvalue weighted by atomic mass is 32.2. The molecule has 7 nitrogen and oxygen atoms in total. The molecule has 1 saturated heterocycles. The predicted octanol–water partition coefficient (Wildman–Crippen LogP) is 3.35. The number of halogens is 3. The third-order valence-electron chi connectivity index (χ3n) is 6.44. The van der Waals surface area contributed by atoms with E-state index in [1.54, 1.807) is 4.90 Å². The lowest BCUT2D eigenvalue weighted by molar-refractivity contribution is -0.142. The summed E-state index contributed by atoms with van der Waals surface area (Å²) in [5, 5.41) is 3.11. The molecule has 11 heteroatoms. The Kier molecular flexibility index (Phi) is 6.10. The molecule has 1 atom stereocenters. The molecule has 4 rings (SSSR count). The van der Waals surface area contributed by atoms with Crippen molar-refractivity contribution in [2.45, 2.75) is 68.5 Å². The number of aromatic nitrogens is 2. The SMILES string of the molecule is CC1(OCCNc2nc3c(c(N4CCC(CC(F)(F)F)C4)n2)S(=O)(=O)CC3)CCCC1. The van der Waals surface area contributed by atoms with Crippen LogP contribution in [-0.4, -0.2) is 62.2 Å². The fraction of sp³-hybridized carbons (Fsp3) is 0.800. The number of aryl methyl sites for hydroxylation is 1. The number of hydrogen-bond acceptors (Lipinski definition) is 7. The quantitative estimate of drug-likeness (QED) is 0.622. The Morgan fingerprint density at radius 3 is 2.71 bits per heavy atom. The molecule has 1 N–H and O–H groups in total. The van der Waals surface area contributed by atoms with Crippen molar-refractivity contribution in [3.8, 4) is 0 Å². The highest BCUT2D eigenvalue weighted by Crippen LogP contribution is 2.38. The van der Waals surface area contributed by atoms with Gasteiger partial charge in [0.1, 0.15) is 4.90 Å². The predicted molar refractivity (Wildman–Crippen MR) is 110 cm³/mol. The standard InChI is InChI=1S/C20H29F3N4O3S/c1-19(6-2-3-7-19)30-10-8-24-18-25-15-5-11-31(28,29)16(15)17(26-18)27-9-4-14(13-27)12-20(21,22)23/h14H,2-13H2,1H3,(H,24,25,26). The lowest BCUT2D eigenvalue weighted by atomic mass is 10.1. The molecule has 0 radical (unpaired) electrons. The van der Waals surface area contributed by atoms with Crippen LogP contribution in [0.1, 0.15) is 51.1 Å². The van der Waals surface area contributed by atoms with E-state index in [9.17, 15) is 21.6 Å². The van der Waals surface area contributed by atoms with Crippen molar-refractivity contribution in [1.82, 2.24) is 9.97 Å². The number of rotatable bonds is 7. The molecule has 2 fully saturated rings. The van der Waals surface area contributed by atoms with Crippen molar-refractivity contribution in [2.75, 3.05) is 42.2 Å². The maximum atomic E-state index is 12.8. The van der Waals surface area contributed by atoms with Crippen LogP contribution in [0.4, 0.5) is 24.9 Å². The average molecular weight is 463 g/mol. The number of alkyl halides is 3. The first-order valence-electron chi connectivity index (χ1n) is 10.9. The van der Waals surface area contributed by atoms with Crippen molar-refractivity contribution in [2.24, 2.45) is 5.92 Å². The molecule has 0 aromatic carbocycles. The molecular formula is C20H29F3N4O3S. The first kappa shape index (κ1) is 22.6. The zero-order valence-corrected chi connectivity index (χ0v) is 18.5. The number of sulfone groups is 1. The molecule has 1 aromatic rings. The van der Waals surface area contributed by atoms with Crippen LogP contribution in [0, 0.1) is 5.92 Å². The topological polar surface area (TPSA) is 84.4 Å². The zero-order valence-electron chi connectivity index (χ0n) is 17.7. The summed E-state index contributed by atoms with van der Waals surface area (Å²) in [6, 6.07) is 0. The second-order valence-electron chi connectivity index (χ2n) is 9.07. The van der Waals surface area contributed by atoms with Gasteiger partial charge in [-0.1, -0.05) is 12.8 Å². The van der Waals surface area contributed by atoms with Crippen molar-refractivity contribution in [1.29, 1.82) is 0 Å². The van der Waals surface area contributed by atoms with Crippen LogP contribution in [0.3, 0.4) is 0 Å². The Morgan fingerprint density at radius 1 is 1.26 bits per heavy atom. The van der Waals surface area contributed by atoms with E-state index in [0.717, 1.165) is 12.8 Å². The van der Waals surface area contributed by atoms with Crippen LogP contribution in [0.15, 0.2) is 4.90 Å². The van der Waals surface area contributed by atoms with E-state index in [-0.39, 0.29) is 35.0 Å². The average Bonchev–Trinajstić information content (AvgIpc) is 3.37.